The maximum Gasteiger partial charge on any atom is 0.417 e. The van der Waals surface area contributed by atoms with Crippen molar-refractivity contribution in [2.75, 3.05) is 34.0 Å². The van der Waals surface area contributed by atoms with Gasteiger partial charge in [0.1, 0.15) is 5.75 Å². The van der Waals surface area contributed by atoms with Crippen molar-refractivity contribution in [2.24, 2.45) is 5.92 Å². The van der Waals surface area contributed by atoms with Gasteiger partial charge in [0.15, 0.2) is 11.5 Å². The summed E-state index contributed by atoms with van der Waals surface area (Å²) in [5.74, 6) is -6.00. The highest BCUT2D eigenvalue weighted by atomic mass is 16.6. The Morgan fingerprint density at radius 1 is 0.644 bits per heavy atom. The SMILES string of the molecule is C=C(C)C(=O)Oc1ccc(-c2ccc(OCCCC(COC(=O)C(=O)OC)COC(=O)C(=O)OC)c(OC(=O)C(=C)C)c2)cc1. The maximum absolute atomic E-state index is 12.3. The predicted octanol–water partition coefficient (Wildman–Crippen LogP) is 3.52. The monoisotopic (exact) mass is 626 g/mol. The van der Waals surface area contributed by atoms with E-state index in [1.165, 1.54) is 6.92 Å². The van der Waals surface area contributed by atoms with Gasteiger partial charge in [-0.05, 0) is 62.1 Å². The average molecular weight is 627 g/mol. The standard InChI is InChI=1S/C32H34O13/c1-19(2)27(33)44-24-12-9-22(10-13-24)23-11-14-25(26(16-23)45-28(34)20(3)4)41-15-7-8-21(17-42-31(37)29(35)39-5)18-43-32(38)30(36)40-6/h9-14,16,21H,1,3,7-8,15,17-18H2,2,4-6H3. The number of rotatable bonds is 14. The molecule has 0 bridgehead atoms. The molecule has 0 heterocycles. The van der Waals surface area contributed by atoms with Gasteiger partial charge in [0.25, 0.3) is 0 Å². The van der Waals surface area contributed by atoms with Crippen LogP contribution in [0.2, 0.25) is 0 Å². The van der Waals surface area contributed by atoms with Crippen molar-refractivity contribution >= 4 is 35.8 Å². The molecule has 0 fully saturated rings. The Hall–Kier alpha value is -5.46. The number of hydrogen-bond acceptors (Lipinski definition) is 13. The van der Waals surface area contributed by atoms with Crippen LogP contribution in [0.4, 0.5) is 0 Å². The Kier molecular flexibility index (Phi) is 14.0. The van der Waals surface area contributed by atoms with Gasteiger partial charge in [0.2, 0.25) is 0 Å². The quantitative estimate of drug-likeness (QED) is 0.0747. The minimum Gasteiger partial charge on any atom is -0.490 e. The summed E-state index contributed by atoms with van der Waals surface area (Å²) < 4.78 is 35.0. The van der Waals surface area contributed by atoms with Gasteiger partial charge in [-0.3, -0.25) is 0 Å². The molecule has 240 valence electrons. The van der Waals surface area contributed by atoms with Crippen molar-refractivity contribution in [3.05, 3.63) is 66.8 Å². The van der Waals surface area contributed by atoms with Crippen LogP contribution in [0.3, 0.4) is 0 Å². The number of hydrogen-bond donors (Lipinski definition) is 0. The number of esters is 6. The van der Waals surface area contributed by atoms with E-state index in [1.54, 1.807) is 49.4 Å². The van der Waals surface area contributed by atoms with Gasteiger partial charge < -0.3 is 33.2 Å². The molecular weight excluding hydrogens is 592 g/mol. The van der Waals surface area contributed by atoms with Gasteiger partial charge in [-0.15, -0.1) is 0 Å². The van der Waals surface area contributed by atoms with Gasteiger partial charge in [-0.25, -0.2) is 28.8 Å². The third-order valence-electron chi connectivity index (χ3n) is 5.86. The van der Waals surface area contributed by atoms with Crippen molar-refractivity contribution in [3.63, 3.8) is 0 Å². The fourth-order valence-corrected chi connectivity index (χ4v) is 3.42. The van der Waals surface area contributed by atoms with Crippen LogP contribution >= 0.6 is 0 Å². The minimum atomic E-state index is -1.23. The second kappa shape index (κ2) is 17.6. The molecule has 13 heteroatoms. The second-order valence-electron chi connectivity index (χ2n) is 9.56. The molecule has 2 aromatic rings. The third kappa shape index (κ3) is 11.6. The zero-order chi connectivity index (χ0) is 33.5. The summed E-state index contributed by atoms with van der Waals surface area (Å²) in [5, 5.41) is 0. The highest BCUT2D eigenvalue weighted by Gasteiger charge is 2.22. The molecule has 0 aliphatic heterocycles. The molecule has 0 aromatic heterocycles. The number of carbonyl (C=O) groups excluding carboxylic acids is 6. The van der Waals surface area contributed by atoms with Gasteiger partial charge in [-0.1, -0.05) is 31.4 Å². The van der Waals surface area contributed by atoms with E-state index in [9.17, 15) is 28.8 Å². The minimum absolute atomic E-state index is 0.0894. The number of benzene rings is 2. The first-order valence-electron chi connectivity index (χ1n) is 13.5. The predicted molar refractivity (Wildman–Crippen MR) is 157 cm³/mol. The van der Waals surface area contributed by atoms with Gasteiger partial charge >= 0.3 is 35.8 Å². The molecular formula is C32H34O13. The van der Waals surface area contributed by atoms with E-state index in [4.69, 9.17) is 23.7 Å². The summed E-state index contributed by atoms with van der Waals surface area (Å²) in [5.41, 5.74) is 1.83. The van der Waals surface area contributed by atoms with Crippen LogP contribution < -0.4 is 14.2 Å². The van der Waals surface area contributed by atoms with E-state index in [0.29, 0.717) is 17.7 Å². The molecule has 0 saturated heterocycles. The van der Waals surface area contributed by atoms with E-state index in [2.05, 4.69) is 22.6 Å². The number of carbonyl (C=O) groups is 6. The number of ether oxygens (including phenoxy) is 7. The summed E-state index contributed by atoms with van der Waals surface area (Å²) in [4.78, 5) is 70.2. The smallest absolute Gasteiger partial charge is 0.417 e. The Labute approximate surface area is 259 Å². The molecule has 0 N–H and O–H groups in total. The third-order valence-corrected chi connectivity index (χ3v) is 5.86. The lowest BCUT2D eigenvalue weighted by Crippen LogP contribution is -2.27. The molecule has 13 nitrogen and oxygen atoms in total. The van der Waals surface area contributed by atoms with E-state index < -0.39 is 41.7 Å². The van der Waals surface area contributed by atoms with E-state index in [1.807, 2.05) is 0 Å². The molecule has 0 amide bonds. The van der Waals surface area contributed by atoms with Crippen LogP contribution in [0, 0.1) is 5.92 Å². The van der Waals surface area contributed by atoms with E-state index in [0.717, 1.165) is 19.8 Å². The molecule has 0 radical (unpaired) electrons. The maximum atomic E-state index is 12.3. The molecule has 0 unspecified atom stereocenters. The van der Waals surface area contributed by atoms with Crippen molar-refractivity contribution in [1.82, 2.24) is 0 Å². The van der Waals surface area contributed by atoms with Crippen molar-refractivity contribution < 1.29 is 61.9 Å². The van der Waals surface area contributed by atoms with Crippen molar-refractivity contribution in [3.8, 4) is 28.4 Å². The molecule has 0 aliphatic carbocycles. The van der Waals surface area contributed by atoms with Crippen molar-refractivity contribution in [1.29, 1.82) is 0 Å². The average Bonchev–Trinajstić information content (AvgIpc) is 3.03. The topological polar surface area (TPSA) is 167 Å². The summed E-state index contributed by atoms with van der Waals surface area (Å²) in [7, 11) is 2.04. The second-order valence-corrected chi connectivity index (χ2v) is 9.56. The first-order valence-corrected chi connectivity index (χ1v) is 13.5. The zero-order valence-corrected chi connectivity index (χ0v) is 25.4. The lowest BCUT2D eigenvalue weighted by molar-refractivity contribution is -0.169. The summed E-state index contributed by atoms with van der Waals surface area (Å²) in [6, 6.07) is 11.6. The molecule has 0 spiro atoms. The van der Waals surface area contributed by atoms with Crippen LogP contribution in [0.25, 0.3) is 11.1 Å². The first kappa shape index (κ1) is 35.7. The Morgan fingerprint density at radius 2 is 1.16 bits per heavy atom. The molecule has 2 rings (SSSR count). The van der Waals surface area contributed by atoms with Gasteiger partial charge in [0, 0.05) is 17.1 Å². The molecule has 0 atom stereocenters. The van der Waals surface area contributed by atoms with Gasteiger partial charge in [0.05, 0.1) is 34.0 Å². The largest absolute Gasteiger partial charge is 0.490 e. The van der Waals surface area contributed by atoms with Crippen LogP contribution in [-0.4, -0.2) is 69.9 Å². The van der Waals surface area contributed by atoms with E-state index >= 15 is 0 Å². The van der Waals surface area contributed by atoms with Crippen molar-refractivity contribution in [2.45, 2.75) is 26.7 Å². The summed E-state index contributed by atoms with van der Waals surface area (Å²) in [6.45, 7) is 9.65. The zero-order valence-electron chi connectivity index (χ0n) is 25.4. The fraction of sp³-hybridized carbons (Fsp3) is 0.312. The molecule has 0 saturated carbocycles. The summed E-state index contributed by atoms with van der Waals surface area (Å²) in [6.07, 6.45) is 0.598. The Morgan fingerprint density at radius 3 is 1.67 bits per heavy atom. The van der Waals surface area contributed by atoms with E-state index in [-0.39, 0.29) is 48.9 Å². The van der Waals surface area contributed by atoms with Crippen LogP contribution in [0.15, 0.2) is 66.8 Å². The Bertz CT molecular complexity index is 1410. The number of methoxy groups -OCH3 is 2. The van der Waals surface area contributed by atoms with Crippen LogP contribution in [-0.2, 0) is 47.7 Å². The molecule has 45 heavy (non-hydrogen) atoms. The summed E-state index contributed by atoms with van der Waals surface area (Å²) >= 11 is 0. The lowest BCUT2D eigenvalue weighted by Gasteiger charge is -2.17. The fourth-order valence-electron chi connectivity index (χ4n) is 3.42. The van der Waals surface area contributed by atoms with Crippen LogP contribution in [0.5, 0.6) is 17.2 Å². The molecule has 2 aromatic carbocycles. The highest BCUT2D eigenvalue weighted by Crippen LogP contribution is 2.34. The van der Waals surface area contributed by atoms with Gasteiger partial charge in [-0.2, -0.15) is 0 Å². The highest BCUT2D eigenvalue weighted by molar-refractivity contribution is 6.30. The van der Waals surface area contributed by atoms with Crippen LogP contribution in [0.1, 0.15) is 26.7 Å². The lowest BCUT2D eigenvalue weighted by atomic mass is 10.0. The Balaban J connectivity index is 2.14. The molecule has 0 aliphatic rings. The normalized spacial score (nSPS) is 10.2. The first-order chi connectivity index (χ1) is 21.4.